The number of aromatic nitrogens is 1. The minimum atomic E-state index is -0.0319. The van der Waals surface area contributed by atoms with E-state index in [4.69, 9.17) is 4.74 Å². The summed E-state index contributed by atoms with van der Waals surface area (Å²) in [7, 11) is 1.82. The van der Waals surface area contributed by atoms with Crippen molar-refractivity contribution in [1.82, 2.24) is 9.88 Å². The number of nitrogens with zero attached hydrogens (tertiary/aromatic N) is 2. The molecule has 1 aliphatic heterocycles. The molecule has 20 heavy (non-hydrogen) atoms. The molecule has 5 heteroatoms. The molecule has 1 N–H and O–H groups in total. The number of ether oxygens (including phenoxy) is 1. The third-order valence-corrected chi connectivity index (χ3v) is 3.49. The van der Waals surface area contributed by atoms with Gasteiger partial charge in [-0.25, -0.2) is 4.98 Å². The Labute approximate surface area is 117 Å². The van der Waals surface area contributed by atoms with Crippen LogP contribution < -0.4 is 5.32 Å². The fourth-order valence-corrected chi connectivity index (χ4v) is 2.43. The quantitative estimate of drug-likeness (QED) is 0.904. The lowest BCUT2D eigenvalue weighted by Gasteiger charge is -2.26. The molecule has 5 nitrogen and oxygen atoms in total. The van der Waals surface area contributed by atoms with Gasteiger partial charge in [-0.3, -0.25) is 4.79 Å². The van der Waals surface area contributed by atoms with E-state index in [0.717, 1.165) is 16.6 Å². The average Bonchev–Trinajstić information content (AvgIpc) is 2.54. The molecule has 1 saturated heterocycles. The smallest absolute Gasteiger partial charge is 0.272 e. The largest absolute Gasteiger partial charge is 0.378 e. The van der Waals surface area contributed by atoms with Crippen molar-refractivity contribution in [2.24, 2.45) is 0 Å². The molecule has 0 bridgehead atoms. The molecule has 104 valence electrons. The number of nitrogens with one attached hydrogen (secondary N) is 1. The monoisotopic (exact) mass is 271 g/mol. The van der Waals surface area contributed by atoms with E-state index in [1.807, 2.05) is 37.4 Å². The minimum Gasteiger partial charge on any atom is -0.378 e. The number of amides is 1. The molecule has 0 atom stereocenters. The van der Waals surface area contributed by atoms with Gasteiger partial charge in [0.1, 0.15) is 11.5 Å². The first-order valence-electron chi connectivity index (χ1n) is 6.74. The SMILES string of the molecule is CNc1nc(C(=O)N2CCOCC2)cc2ccccc12. The fourth-order valence-electron chi connectivity index (χ4n) is 2.43. The molecule has 0 spiro atoms. The van der Waals surface area contributed by atoms with Gasteiger partial charge < -0.3 is 15.0 Å². The van der Waals surface area contributed by atoms with Gasteiger partial charge in [-0.2, -0.15) is 0 Å². The highest BCUT2D eigenvalue weighted by Crippen LogP contribution is 2.22. The number of morpholine rings is 1. The molecule has 0 saturated carbocycles. The first-order valence-corrected chi connectivity index (χ1v) is 6.74. The maximum Gasteiger partial charge on any atom is 0.272 e. The van der Waals surface area contributed by atoms with E-state index in [9.17, 15) is 4.79 Å². The van der Waals surface area contributed by atoms with Gasteiger partial charge in [0.15, 0.2) is 0 Å². The normalized spacial score (nSPS) is 15.3. The molecule has 0 radical (unpaired) electrons. The van der Waals surface area contributed by atoms with Crippen LogP contribution in [0.4, 0.5) is 5.82 Å². The van der Waals surface area contributed by atoms with Crippen molar-refractivity contribution in [3.8, 4) is 0 Å². The van der Waals surface area contributed by atoms with E-state index in [2.05, 4.69) is 10.3 Å². The van der Waals surface area contributed by atoms with Crippen LogP contribution in [0.2, 0.25) is 0 Å². The van der Waals surface area contributed by atoms with Crippen molar-refractivity contribution >= 4 is 22.5 Å². The van der Waals surface area contributed by atoms with Crippen LogP contribution in [0.1, 0.15) is 10.5 Å². The lowest BCUT2D eigenvalue weighted by atomic mass is 10.1. The van der Waals surface area contributed by atoms with Gasteiger partial charge in [0, 0.05) is 25.5 Å². The van der Waals surface area contributed by atoms with Gasteiger partial charge in [-0.1, -0.05) is 24.3 Å². The molecule has 0 unspecified atom stereocenters. The molecular weight excluding hydrogens is 254 g/mol. The molecule has 1 aromatic heterocycles. The molecule has 1 aromatic carbocycles. The van der Waals surface area contributed by atoms with Crippen LogP contribution in [0.15, 0.2) is 30.3 Å². The molecule has 1 fully saturated rings. The predicted octanol–water partition coefficient (Wildman–Crippen LogP) is 1.75. The van der Waals surface area contributed by atoms with E-state index in [1.165, 1.54) is 0 Å². The summed E-state index contributed by atoms with van der Waals surface area (Å²) >= 11 is 0. The zero-order valence-corrected chi connectivity index (χ0v) is 11.4. The summed E-state index contributed by atoms with van der Waals surface area (Å²) in [5.41, 5.74) is 0.481. The van der Waals surface area contributed by atoms with E-state index >= 15 is 0 Å². The van der Waals surface area contributed by atoms with E-state index in [1.54, 1.807) is 4.90 Å². The first kappa shape index (κ1) is 12.9. The number of benzene rings is 1. The van der Waals surface area contributed by atoms with Crippen molar-refractivity contribution < 1.29 is 9.53 Å². The maximum absolute atomic E-state index is 12.5. The van der Waals surface area contributed by atoms with Gasteiger partial charge in [0.05, 0.1) is 13.2 Å². The summed E-state index contributed by atoms with van der Waals surface area (Å²) in [5, 5.41) is 5.10. The van der Waals surface area contributed by atoms with Crippen LogP contribution in [0.25, 0.3) is 10.8 Å². The van der Waals surface area contributed by atoms with E-state index < -0.39 is 0 Å². The van der Waals surface area contributed by atoms with Crippen molar-refractivity contribution in [3.05, 3.63) is 36.0 Å². The summed E-state index contributed by atoms with van der Waals surface area (Å²) in [5.74, 6) is 0.704. The number of carbonyl (C=O) groups excluding carboxylic acids is 1. The van der Waals surface area contributed by atoms with Gasteiger partial charge >= 0.3 is 0 Å². The highest BCUT2D eigenvalue weighted by molar-refractivity contribution is 6.00. The van der Waals surface area contributed by atoms with Crippen LogP contribution >= 0.6 is 0 Å². The second-order valence-electron chi connectivity index (χ2n) is 4.73. The summed E-state index contributed by atoms with van der Waals surface area (Å²) < 4.78 is 5.27. The number of pyridine rings is 1. The summed E-state index contributed by atoms with van der Waals surface area (Å²) in [6, 6.07) is 9.78. The Hall–Kier alpha value is -2.14. The second kappa shape index (κ2) is 5.46. The lowest BCUT2D eigenvalue weighted by molar-refractivity contribution is 0.0299. The predicted molar refractivity (Wildman–Crippen MR) is 78.0 cm³/mol. The fraction of sp³-hybridized carbons (Fsp3) is 0.333. The van der Waals surface area contributed by atoms with Crippen LogP contribution in [0.5, 0.6) is 0 Å². The molecule has 0 aliphatic carbocycles. The van der Waals surface area contributed by atoms with E-state index in [0.29, 0.717) is 32.0 Å². The van der Waals surface area contributed by atoms with Crippen molar-refractivity contribution in [3.63, 3.8) is 0 Å². The van der Waals surface area contributed by atoms with Gasteiger partial charge in [0.25, 0.3) is 5.91 Å². The maximum atomic E-state index is 12.5. The Kier molecular flexibility index (Phi) is 3.52. The molecule has 2 aromatic rings. The zero-order chi connectivity index (χ0) is 13.9. The summed E-state index contributed by atoms with van der Waals surface area (Å²) in [6.45, 7) is 2.45. The molecule has 2 heterocycles. The van der Waals surface area contributed by atoms with Gasteiger partial charge in [-0.15, -0.1) is 0 Å². The highest BCUT2D eigenvalue weighted by atomic mass is 16.5. The third-order valence-electron chi connectivity index (χ3n) is 3.49. The zero-order valence-electron chi connectivity index (χ0n) is 11.4. The Balaban J connectivity index is 2.00. The Morgan fingerprint density at radius 3 is 2.80 bits per heavy atom. The van der Waals surface area contributed by atoms with E-state index in [-0.39, 0.29) is 5.91 Å². The van der Waals surface area contributed by atoms with Crippen LogP contribution in [-0.2, 0) is 4.74 Å². The lowest BCUT2D eigenvalue weighted by Crippen LogP contribution is -2.41. The van der Waals surface area contributed by atoms with Gasteiger partial charge in [0.2, 0.25) is 0 Å². The topological polar surface area (TPSA) is 54.5 Å². The molecule has 1 amide bonds. The number of hydrogen-bond acceptors (Lipinski definition) is 4. The number of hydrogen-bond donors (Lipinski definition) is 1. The third kappa shape index (κ3) is 2.32. The Bertz CT molecular complexity index is 636. The Morgan fingerprint density at radius 1 is 1.30 bits per heavy atom. The number of anilines is 1. The Morgan fingerprint density at radius 2 is 2.05 bits per heavy atom. The van der Waals surface area contributed by atoms with Crippen molar-refractivity contribution in [2.75, 3.05) is 38.7 Å². The molecule has 3 rings (SSSR count). The number of carbonyl (C=O) groups is 1. The van der Waals surface area contributed by atoms with Crippen molar-refractivity contribution in [1.29, 1.82) is 0 Å². The molecular formula is C15H17N3O2. The summed E-state index contributed by atoms with van der Waals surface area (Å²) in [6.07, 6.45) is 0. The number of rotatable bonds is 2. The first-order chi connectivity index (χ1) is 9.79. The number of fused-ring (bicyclic) bond motifs is 1. The second-order valence-corrected chi connectivity index (χ2v) is 4.73. The van der Waals surface area contributed by atoms with Crippen LogP contribution in [-0.4, -0.2) is 49.1 Å². The van der Waals surface area contributed by atoms with Crippen LogP contribution in [0, 0.1) is 0 Å². The summed E-state index contributed by atoms with van der Waals surface area (Å²) in [4.78, 5) is 18.7. The van der Waals surface area contributed by atoms with Crippen LogP contribution in [0.3, 0.4) is 0 Å². The molecule has 1 aliphatic rings. The minimum absolute atomic E-state index is 0.0319. The highest BCUT2D eigenvalue weighted by Gasteiger charge is 2.20. The standard InChI is InChI=1S/C15H17N3O2/c1-16-14-12-5-3-2-4-11(12)10-13(17-14)15(19)18-6-8-20-9-7-18/h2-5,10H,6-9H2,1H3,(H,16,17). The van der Waals surface area contributed by atoms with Crippen molar-refractivity contribution in [2.45, 2.75) is 0 Å². The average molecular weight is 271 g/mol. The van der Waals surface area contributed by atoms with Gasteiger partial charge in [-0.05, 0) is 11.5 Å².